The van der Waals surface area contributed by atoms with Gasteiger partial charge < -0.3 is 0 Å². The monoisotopic (exact) mass is 738 g/mol. The molecule has 5 rings (SSSR count). The molecule has 2 heterocycles. The number of benzene rings is 3. The van der Waals surface area contributed by atoms with E-state index in [1.165, 1.54) is 0 Å². The van der Waals surface area contributed by atoms with Gasteiger partial charge in [-0.15, -0.1) is 0 Å². The van der Waals surface area contributed by atoms with E-state index in [1.54, 1.807) is 0 Å². The number of aromatic nitrogens is 2. The number of nitriles is 2. The van der Waals surface area contributed by atoms with Gasteiger partial charge >= 0.3 is 30.9 Å². The van der Waals surface area contributed by atoms with E-state index in [4.69, 9.17) is 0 Å². The van der Waals surface area contributed by atoms with Gasteiger partial charge in [-0.1, -0.05) is 0 Å². The molecule has 0 unspecified atom stereocenters. The Morgan fingerprint density at radius 2 is 0.843 bits per heavy atom. The molecule has 0 aliphatic heterocycles. The second-order valence-corrected chi connectivity index (χ2v) is 10.6. The molecule has 51 heavy (non-hydrogen) atoms. The number of alkyl halides is 15. The van der Waals surface area contributed by atoms with Crippen LogP contribution < -0.4 is 10.7 Å². The highest BCUT2D eigenvalue weighted by Crippen LogP contribution is 2.47. The van der Waals surface area contributed by atoms with Gasteiger partial charge in [-0.25, -0.2) is 9.97 Å². The third-order valence-corrected chi connectivity index (χ3v) is 7.25. The van der Waals surface area contributed by atoms with Crippen LogP contribution in [0, 0.1) is 29.8 Å². The number of rotatable bonds is 2. The zero-order valence-electron chi connectivity index (χ0n) is 24.3. The number of hydrogen-bond donors (Lipinski definition) is 0. The van der Waals surface area contributed by atoms with Crippen LogP contribution in [0.25, 0.3) is 44.3 Å². The molecule has 2 aromatic heterocycles. The molecule has 0 amide bonds. The van der Waals surface area contributed by atoms with Crippen LogP contribution in [0.15, 0.2) is 46.4 Å². The summed E-state index contributed by atoms with van der Waals surface area (Å²) in [5, 5.41) is 12.3. The maximum atomic E-state index is 15.0. The Morgan fingerprint density at radius 1 is 0.490 bits per heavy atom. The molecule has 0 aliphatic rings. The van der Waals surface area contributed by atoms with Gasteiger partial charge in [-0.2, -0.15) is 86.4 Å². The lowest BCUT2D eigenvalue weighted by Gasteiger charge is -2.14. The molecular weight excluding hydrogens is 729 g/mol. The molecule has 0 fully saturated rings. The number of nitrogens with zero attached hydrogens (tertiary/aromatic N) is 6. The molecule has 0 radical (unpaired) electrons. The van der Waals surface area contributed by atoms with E-state index in [-0.39, 0.29) is 23.8 Å². The van der Waals surface area contributed by atoms with Crippen LogP contribution in [0.3, 0.4) is 0 Å². The predicted molar refractivity (Wildman–Crippen MR) is 142 cm³/mol. The smallest absolute Gasteiger partial charge is 0.245 e. The minimum Gasteiger partial charge on any atom is -0.245 e. The van der Waals surface area contributed by atoms with E-state index < -0.39 is 114 Å². The maximum Gasteiger partial charge on any atom is 0.420 e. The van der Waals surface area contributed by atoms with Gasteiger partial charge in [0.05, 0.1) is 44.7 Å². The molecule has 0 atom stereocenters. The predicted octanol–water partition coefficient (Wildman–Crippen LogP) is 9.16. The number of fused-ring (bicyclic) bond motifs is 2. The second kappa shape index (κ2) is 11.7. The summed E-state index contributed by atoms with van der Waals surface area (Å²) >= 11 is 0. The Hall–Kier alpha value is -5.73. The highest BCUT2D eigenvalue weighted by Gasteiger charge is 2.46. The van der Waals surface area contributed by atoms with Crippen molar-refractivity contribution >= 4 is 21.8 Å². The maximum absolute atomic E-state index is 15.0. The summed E-state index contributed by atoms with van der Waals surface area (Å²) in [4.78, 5) is 13.1. The molecule has 5 aromatic rings. The number of halogens is 15. The molecule has 3 aromatic carbocycles. The molecule has 6 nitrogen and oxygen atoms in total. The Bertz CT molecular complexity index is 2410. The third kappa shape index (κ3) is 6.51. The van der Waals surface area contributed by atoms with Crippen molar-refractivity contribution in [3.63, 3.8) is 0 Å². The first kappa shape index (κ1) is 36.5. The minimum atomic E-state index is -5.87. The lowest BCUT2D eigenvalue weighted by molar-refractivity contribution is -0.143. The molecule has 0 N–H and O–H groups in total. The van der Waals surface area contributed by atoms with Crippen LogP contribution >= 0.6 is 0 Å². The first-order valence-electron chi connectivity index (χ1n) is 13.3. The van der Waals surface area contributed by atoms with Crippen LogP contribution in [0.5, 0.6) is 0 Å². The van der Waals surface area contributed by atoms with Gasteiger partial charge in [-0.3, -0.25) is 0 Å². The van der Waals surface area contributed by atoms with Gasteiger partial charge in [0, 0.05) is 21.9 Å². The fraction of sp³-hybridized carbons (Fsp3) is 0.200. The molecule has 0 bridgehead atoms. The molecular formula is C30H9F15N6. The summed E-state index contributed by atoms with van der Waals surface area (Å²) in [7, 11) is 0. The first-order valence-corrected chi connectivity index (χ1v) is 13.3. The molecule has 0 saturated carbocycles. The summed E-state index contributed by atoms with van der Waals surface area (Å²) in [5.74, 6) is 0. The van der Waals surface area contributed by atoms with Gasteiger partial charge in [0.1, 0.15) is 16.3 Å². The van der Waals surface area contributed by atoms with Crippen LogP contribution in [-0.4, -0.2) is 9.97 Å². The lowest BCUT2D eigenvalue weighted by Crippen LogP contribution is -2.18. The fourth-order valence-corrected chi connectivity index (χ4v) is 5.42. The normalized spacial score (nSPS) is 14.1. The van der Waals surface area contributed by atoms with E-state index in [1.807, 2.05) is 0 Å². The summed E-state index contributed by atoms with van der Waals surface area (Å²) in [6.45, 7) is 1.10. The third-order valence-electron chi connectivity index (χ3n) is 7.25. The molecule has 21 heteroatoms. The van der Waals surface area contributed by atoms with Crippen molar-refractivity contribution in [1.82, 2.24) is 9.97 Å². The molecule has 0 spiro atoms. The van der Waals surface area contributed by atoms with E-state index in [9.17, 15) is 63.2 Å². The summed E-state index contributed by atoms with van der Waals surface area (Å²) < 4.78 is 212. The Morgan fingerprint density at radius 3 is 1.18 bits per heavy atom. The summed E-state index contributed by atoms with van der Waals surface area (Å²) in [5.41, 5.74) is -18.3. The highest BCUT2D eigenvalue weighted by atomic mass is 19.4. The van der Waals surface area contributed by atoms with Crippen molar-refractivity contribution in [2.45, 2.75) is 37.8 Å². The molecule has 0 aliphatic carbocycles. The molecule has 0 saturated heterocycles. The fourth-order valence-electron chi connectivity index (χ4n) is 5.42. The minimum absolute atomic E-state index is 0.0736. The van der Waals surface area contributed by atoms with E-state index in [0.717, 1.165) is 25.4 Å². The summed E-state index contributed by atoms with van der Waals surface area (Å²) in [6.07, 6.45) is -25.9. The van der Waals surface area contributed by atoms with Crippen LogP contribution in [0.2, 0.25) is 0 Å². The van der Waals surface area contributed by atoms with Crippen molar-refractivity contribution in [2.75, 3.05) is 0 Å². The van der Waals surface area contributed by atoms with E-state index in [2.05, 4.69) is 20.0 Å². The summed E-state index contributed by atoms with van der Waals surface area (Å²) in [6, 6.07) is 1.24. The second-order valence-electron chi connectivity index (χ2n) is 10.6. The van der Waals surface area contributed by atoms with Gasteiger partial charge in [0.15, 0.2) is 0 Å². The van der Waals surface area contributed by atoms with Crippen molar-refractivity contribution in [1.29, 1.82) is 10.5 Å². The van der Waals surface area contributed by atoms with Crippen molar-refractivity contribution < 1.29 is 65.9 Å². The average Bonchev–Trinajstić information content (AvgIpc) is 3.51. The van der Waals surface area contributed by atoms with Gasteiger partial charge in [0.25, 0.3) is 0 Å². The Labute approximate surface area is 271 Å². The van der Waals surface area contributed by atoms with Crippen molar-refractivity contribution in [3.05, 3.63) is 80.5 Å². The van der Waals surface area contributed by atoms with Crippen LogP contribution in [-0.2, 0) is 30.9 Å². The van der Waals surface area contributed by atoms with Crippen LogP contribution in [0.4, 0.5) is 65.9 Å². The number of hydrogen-bond acceptors (Lipinski definition) is 6. The first-order chi connectivity index (χ1) is 23.3. The quantitative estimate of drug-likeness (QED) is 0.133. The zero-order valence-corrected chi connectivity index (χ0v) is 24.3. The highest BCUT2D eigenvalue weighted by molar-refractivity contribution is 6.07. The van der Waals surface area contributed by atoms with E-state index >= 15 is 13.2 Å². The average molecular weight is 738 g/mol. The Balaban J connectivity index is 2.11. The molecule has 264 valence electrons. The van der Waals surface area contributed by atoms with E-state index in [0.29, 0.717) is 12.1 Å². The topological polar surface area (TPSA) is 98.1 Å². The Kier molecular flexibility index (Phi) is 8.36. The largest absolute Gasteiger partial charge is 0.420 e. The number of aryl methyl sites for hydroxylation is 1. The van der Waals surface area contributed by atoms with Crippen molar-refractivity contribution in [3.8, 4) is 34.9 Å². The standard InChI is InChI=1S/C30H9F15N6/c1-10-2-11(4-13(3-10)26(31,32)33)20-24(48-8-46)16-18(29(40,41)42)17-23(19(22(16)50-20)30(43,44)45)51-21(25(17)49-9-47)12-5-14(27(34,35)36)7-15(6-12)28(37,38)39/h2-7H,1H3. The van der Waals surface area contributed by atoms with Crippen LogP contribution in [0.1, 0.15) is 33.4 Å². The van der Waals surface area contributed by atoms with Crippen molar-refractivity contribution in [2.24, 2.45) is 9.98 Å². The SMILES string of the molecule is Cc1cc(-c2nc3c(C(F)(F)F)c4nc(-c5cc(C(F)(F)F)cc(C(F)(F)F)c5)c(=NC#N)c4c(C(F)(F)F)c3c2=NC#N)cc(C(F)(F)F)c1. The van der Waals surface area contributed by atoms with Gasteiger partial charge in [0.2, 0.25) is 12.4 Å². The zero-order chi connectivity index (χ0) is 38.2. The lowest BCUT2D eigenvalue weighted by atomic mass is 9.97. The van der Waals surface area contributed by atoms with Gasteiger partial charge in [-0.05, 0) is 48.9 Å².